The number of hydrogen-bond donors (Lipinski definition) is 1. The summed E-state index contributed by atoms with van der Waals surface area (Å²) in [4.78, 5) is 0. The van der Waals surface area contributed by atoms with E-state index in [0.717, 1.165) is 31.9 Å². The molecule has 0 aliphatic carbocycles. The van der Waals surface area contributed by atoms with Gasteiger partial charge in [0.1, 0.15) is 0 Å². The maximum absolute atomic E-state index is 5.47. The van der Waals surface area contributed by atoms with E-state index in [0.29, 0.717) is 12.5 Å². The van der Waals surface area contributed by atoms with Crippen molar-refractivity contribution < 1.29 is 4.74 Å². The van der Waals surface area contributed by atoms with Gasteiger partial charge in [-0.2, -0.15) is 5.10 Å². The Labute approximate surface area is 77.7 Å². The summed E-state index contributed by atoms with van der Waals surface area (Å²) in [5.41, 5.74) is 6.43. The van der Waals surface area contributed by atoms with Crippen molar-refractivity contribution >= 4 is 0 Å². The van der Waals surface area contributed by atoms with Crippen LogP contribution in [-0.4, -0.2) is 23.0 Å². The molecule has 1 aromatic rings. The van der Waals surface area contributed by atoms with Crippen LogP contribution in [0, 0.1) is 5.92 Å². The molecule has 4 heteroatoms. The number of ether oxygens (including phenoxy) is 1. The minimum atomic E-state index is 0.522. The number of nitrogens with two attached hydrogens (primary N) is 1. The van der Waals surface area contributed by atoms with Crippen LogP contribution in [0.5, 0.6) is 0 Å². The molecule has 1 unspecified atom stereocenters. The Morgan fingerprint density at radius 3 is 3.23 bits per heavy atom. The smallest absolute Gasteiger partial charge is 0.0760 e. The zero-order valence-electron chi connectivity index (χ0n) is 7.65. The summed E-state index contributed by atoms with van der Waals surface area (Å²) in [7, 11) is 0. The molecule has 0 aromatic carbocycles. The molecule has 2 heterocycles. The Bertz CT molecular complexity index is 266. The number of hydrogen-bond acceptors (Lipinski definition) is 3. The van der Waals surface area contributed by atoms with Crippen LogP contribution in [0.25, 0.3) is 0 Å². The van der Waals surface area contributed by atoms with Gasteiger partial charge in [0.05, 0.1) is 12.3 Å². The van der Waals surface area contributed by atoms with E-state index in [1.165, 1.54) is 0 Å². The van der Waals surface area contributed by atoms with Crippen molar-refractivity contribution in [3.63, 3.8) is 0 Å². The first kappa shape index (κ1) is 8.72. The second-order valence-electron chi connectivity index (χ2n) is 3.46. The van der Waals surface area contributed by atoms with Crippen LogP contribution in [0.3, 0.4) is 0 Å². The molecule has 1 aromatic heterocycles. The van der Waals surface area contributed by atoms with Crippen molar-refractivity contribution in [2.75, 3.05) is 13.2 Å². The van der Waals surface area contributed by atoms with Crippen LogP contribution in [0.1, 0.15) is 12.1 Å². The second-order valence-corrected chi connectivity index (χ2v) is 3.46. The highest BCUT2D eigenvalue weighted by molar-refractivity contribution is 4.97. The van der Waals surface area contributed by atoms with Gasteiger partial charge in [-0.1, -0.05) is 0 Å². The van der Waals surface area contributed by atoms with Crippen molar-refractivity contribution in [1.82, 2.24) is 9.78 Å². The van der Waals surface area contributed by atoms with E-state index < -0.39 is 0 Å². The Hall–Kier alpha value is -0.870. The van der Waals surface area contributed by atoms with Crippen molar-refractivity contribution in [3.05, 3.63) is 18.0 Å². The predicted octanol–water partition coefficient (Wildman–Crippen LogP) is 0.378. The summed E-state index contributed by atoms with van der Waals surface area (Å²) in [5.74, 6) is 0.630. The quantitative estimate of drug-likeness (QED) is 0.733. The van der Waals surface area contributed by atoms with Crippen LogP contribution < -0.4 is 5.73 Å². The third kappa shape index (κ3) is 2.08. The lowest BCUT2D eigenvalue weighted by Gasteiger charge is -2.06. The van der Waals surface area contributed by atoms with E-state index in [2.05, 4.69) is 5.10 Å². The third-order valence-corrected chi connectivity index (χ3v) is 2.37. The fourth-order valence-electron chi connectivity index (χ4n) is 1.61. The van der Waals surface area contributed by atoms with E-state index in [1.54, 1.807) is 0 Å². The Balaban J connectivity index is 1.92. The maximum atomic E-state index is 5.47. The lowest BCUT2D eigenvalue weighted by molar-refractivity contribution is 0.181. The summed E-state index contributed by atoms with van der Waals surface area (Å²) < 4.78 is 7.26. The first-order valence-electron chi connectivity index (χ1n) is 4.68. The Kier molecular flexibility index (Phi) is 2.61. The fraction of sp³-hybridized carbons (Fsp3) is 0.667. The van der Waals surface area contributed by atoms with Gasteiger partial charge >= 0.3 is 0 Å². The summed E-state index contributed by atoms with van der Waals surface area (Å²) in [6.45, 7) is 3.25. The first-order valence-corrected chi connectivity index (χ1v) is 4.68. The van der Waals surface area contributed by atoms with Crippen molar-refractivity contribution in [2.24, 2.45) is 11.7 Å². The minimum absolute atomic E-state index is 0.522. The topological polar surface area (TPSA) is 53.1 Å². The normalized spacial score (nSPS) is 22.4. The van der Waals surface area contributed by atoms with E-state index >= 15 is 0 Å². The largest absolute Gasteiger partial charge is 0.381 e. The van der Waals surface area contributed by atoms with Crippen LogP contribution >= 0.6 is 0 Å². The molecule has 0 bridgehead atoms. The highest BCUT2D eigenvalue weighted by atomic mass is 16.5. The van der Waals surface area contributed by atoms with Crippen molar-refractivity contribution in [2.45, 2.75) is 19.5 Å². The van der Waals surface area contributed by atoms with Crippen LogP contribution in [0.15, 0.2) is 12.3 Å². The molecule has 13 heavy (non-hydrogen) atoms. The van der Waals surface area contributed by atoms with Gasteiger partial charge in [0, 0.05) is 31.8 Å². The lowest BCUT2D eigenvalue weighted by Crippen LogP contribution is -2.11. The molecular weight excluding hydrogens is 166 g/mol. The first-order chi connectivity index (χ1) is 6.38. The monoisotopic (exact) mass is 181 g/mol. The summed E-state index contributed by atoms with van der Waals surface area (Å²) in [5, 5.41) is 4.33. The van der Waals surface area contributed by atoms with Gasteiger partial charge in [0.2, 0.25) is 0 Å². The molecule has 1 saturated heterocycles. The van der Waals surface area contributed by atoms with Gasteiger partial charge in [-0.15, -0.1) is 0 Å². The molecule has 0 saturated carbocycles. The highest BCUT2D eigenvalue weighted by Crippen LogP contribution is 2.14. The van der Waals surface area contributed by atoms with E-state index in [1.807, 2.05) is 16.9 Å². The number of rotatable bonds is 3. The van der Waals surface area contributed by atoms with Gasteiger partial charge < -0.3 is 10.5 Å². The van der Waals surface area contributed by atoms with Gasteiger partial charge in [-0.05, 0) is 12.5 Å². The molecule has 2 N–H and O–H groups in total. The van der Waals surface area contributed by atoms with Crippen LogP contribution in [0.2, 0.25) is 0 Å². The van der Waals surface area contributed by atoms with Crippen molar-refractivity contribution in [3.8, 4) is 0 Å². The molecule has 2 rings (SSSR count). The number of aromatic nitrogens is 2. The average molecular weight is 181 g/mol. The zero-order chi connectivity index (χ0) is 9.10. The Morgan fingerprint density at radius 2 is 2.62 bits per heavy atom. The van der Waals surface area contributed by atoms with Crippen LogP contribution in [-0.2, 0) is 17.8 Å². The fourth-order valence-corrected chi connectivity index (χ4v) is 1.61. The van der Waals surface area contributed by atoms with Crippen LogP contribution in [0.4, 0.5) is 0 Å². The minimum Gasteiger partial charge on any atom is -0.381 e. The molecule has 0 amide bonds. The average Bonchev–Trinajstić information content (AvgIpc) is 2.76. The molecular formula is C9H15N3O. The molecule has 1 aliphatic heterocycles. The molecule has 0 spiro atoms. The third-order valence-electron chi connectivity index (χ3n) is 2.37. The SMILES string of the molecule is NCc1ccn(CC2CCOC2)n1. The summed E-state index contributed by atoms with van der Waals surface area (Å²) in [6, 6.07) is 1.97. The lowest BCUT2D eigenvalue weighted by atomic mass is 10.1. The molecule has 1 aliphatic rings. The molecule has 0 radical (unpaired) electrons. The zero-order valence-corrected chi connectivity index (χ0v) is 7.65. The molecule has 72 valence electrons. The standard InChI is InChI=1S/C9H15N3O/c10-5-9-1-3-12(11-9)6-8-2-4-13-7-8/h1,3,8H,2,4-7,10H2. The molecule has 1 atom stereocenters. The number of nitrogens with zero attached hydrogens (tertiary/aromatic N) is 2. The molecule has 1 fully saturated rings. The summed E-state index contributed by atoms with van der Waals surface area (Å²) in [6.07, 6.45) is 3.14. The van der Waals surface area contributed by atoms with Gasteiger partial charge in [0.25, 0.3) is 0 Å². The highest BCUT2D eigenvalue weighted by Gasteiger charge is 2.16. The van der Waals surface area contributed by atoms with Gasteiger partial charge in [-0.25, -0.2) is 0 Å². The van der Waals surface area contributed by atoms with Gasteiger partial charge in [0.15, 0.2) is 0 Å². The Morgan fingerprint density at radius 1 is 1.69 bits per heavy atom. The predicted molar refractivity (Wildman–Crippen MR) is 49.0 cm³/mol. The second kappa shape index (κ2) is 3.89. The van der Waals surface area contributed by atoms with E-state index in [9.17, 15) is 0 Å². The maximum Gasteiger partial charge on any atom is 0.0760 e. The van der Waals surface area contributed by atoms with E-state index in [-0.39, 0.29) is 0 Å². The van der Waals surface area contributed by atoms with Crippen molar-refractivity contribution in [1.29, 1.82) is 0 Å². The van der Waals surface area contributed by atoms with E-state index in [4.69, 9.17) is 10.5 Å². The summed E-state index contributed by atoms with van der Waals surface area (Å²) >= 11 is 0. The molecule has 4 nitrogen and oxygen atoms in total. The van der Waals surface area contributed by atoms with Gasteiger partial charge in [-0.3, -0.25) is 4.68 Å².